The standard InChI is InChI=1S/C15H20N4O2/c20-13(12-8-11(17-18-12)10-2-3-10)19-7-5-15(9-19)4-1-6-16-14(15)21/h8,10H,1-7,9H2,(H,16,21)(H,17,18). The van der Waals surface area contributed by atoms with E-state index in [0.717, 1.165) is 31.5 Å². The molecule has 2 saturated heterocycles. The summed E-state index contributed by atoms with van der Waals surface area (Å²) in [7, 11) is 0. The molecule has 2 N–H and O–H groups in total. The van der Waals surface area contributed by atoms with E-state index in [-0.39, 0.29) is 17.2 Å². The lowest BCUT2D eigenvalue weighted by molar-refractivity contribution is -0.132. The third kappa shape index (κ3) is 2.13. The summed E-state index contributed by atoms with van der Waals surface area (Å²) >= 11 is 0. The average Bonchev–Trinajstić information content (AvgIpc) is 3.08. The van der Waals surface area contributed by atoms with Crippen LogP contribution in [0.25, 0.3) is 0 Å². The van der Waals surface area contributed by atoms with Crippen LogP contribution in [0.4, 0.5) is 0 Å². The number of aromatic nitrogens is 2. The topological polar surface area (TPSA) is 78.1 Å². The van der Waals surface area contributed by atoms with Crippen LogP contribution in [-0.2, 0) is 4.79 Å². The van der Waals surface area contributed by atoms with Gasteiger partial charge in [-0.1, -0.05) is 0 Å². The van der Waals surface area contributed by atoms with Gasteiger partial charge in [-0.25, -0.2) is 0 Å². The molecule has 3 heterocycles. The van der Waals surface area contributed by atoms with Gasteiger partial charge in [0.05, 0.1) is 5.41 Å². The van der Waals surface area contributed by atoms with E-state index < -0.39 is 0 Å². The minimum atomic E-state index is -0.358. The first-order valence-corrected chi connectivity index (χ1v) is 7.81. The minimum absolute atomic E-state index is 0.0478. The molecular formula is C15H20N4O2. The summed E-state index contributed by atoms with van der Waals surface area (Å²) in [4.78, 5) is 26.5. The predicted molar refractivity (Wildman–Crippen MR) is 75.8 cm³/mol. The number of amides is 2. The zero-order valence-electron chi connectivity index (χ0n) is 12.0. The van der Waals surface area contributed by atoms with E-state index in [1.807, 2.05) is 6.07 Å². The largest absolute Gasteiger partial charge is 0.356 e. The summed E-state index contributed by atoms with van der Waals surface area (Å²) in [6, 6.07) is 1.88. The fraction of sp³-hybridized carbons (Fsp3) is 0.667. The molecule has 1 spiro atoms. The number of piperidine rings is 1. The summed E-state index contributed by atoms with van der Waals surface area (Å²) in [5.41, 5.74) is 1.21. The quantitative estimate of drug-likeness (QED) is 0.853. The predicted octanol–water partition coefficient (Wildman–Crippen LogP) is 1.03. The second-order valence-electron chi connectivity index (χ2n) is 6.60. The lowest BCUT2D eigenvalue weighted by Crippen LogP contribution is -2.47. The number of carbonyl (C=O) groups excluding carboxylic acids is 2. The zero-order chi connectivity index (χ0) is 14.4. The molecule has 3 aliphatic rings. The molecule has 6 heteroatoms. The second kappa shape index (κ2) is 4.58. The van der Waals surface area contributed by atoms with Crippen molar-refractivity contribution in [1.82, 2.24) is 20.4 Å². The SMILES string of the molecule is O=C(c1cc(C2CC2)[nH]n1)N1CCC2(CCCNC2=O)C1. The van der Waals surface area contributed by atoms with Gasteiger partial charge in [-0.3, -0.25) is 14.7 Å². The van der Waals surface area contributed by atoms with E-state index in [9.17, 15) is 9.59 Å². The highest BCUT2D eigenvalue weighted by Crippen LogP contribution is 2.40. The van der Waals surface area contributed by atoms with Gasteiger partial charge in [0.25, 0.3) is 5.91 Å². The summed E-state index contributed by atoms with van der Waals surface area (Å²) in [5.74, 6) is 0.631. The zero-order valence-corrected chi connectivity index (χ0v) is 12.0. The number of H-pyrrole nitrogens is 1. The first kappa shape index (κ1) is 12.9. The Kier molecular flexibility index (Phi) is 2.80. The van der Waals surface area contributed by atoms with Gasteiger partial charge >= 0.3 is 0 Å². The highest BCUT2D eigenvalue weighted by atomic mass is 16.2. The Morgan fingerprint density at radius 2 is 2.24 bits per heavy atom. The van der Waals surface area contributed by atoms with E-state index in [2.05, 4.69) is 15.5 Å². The minimum Gasteiger partial charge on any atom is -0.356 e. The molecule has 21 heavy (non-hydrogen) atoms. The van der Waals surface area contributed by atoms with Crippen LogP contribution in [-0.4, -0.2) is 46.5 Å². The molecular weight excluding hydrogens is 268 g/mol. The maximum atomic E-state index is 12.5. The molecule has 0 bridgehead atoms. The van der Waals surface area contributed by atoms with Crippen molar-refractivity contribution >= 4 is 11.8 Å². The van der Waals surface area contributed by atoms with Crippen LogP contribution in [0.3, 0.4) is 0 Å². The molecule has 6 nitrogen and oxygen atoms in total. The fourth-order valence-electron chi connectivity index (χ4n) is 3.58. The Morgan fingerprint density at radius 3 is 3.00 bits per heavy atom. The Hall–Kier alpha value is -1.85. The van der Waals surface area contributed by atoms with Crippen molar-refractivity contribution < 1.29 is 9.59 Å². The third-order valence-electron chi connectivity index (χ3n) is 5.07. The summed E-state index contributed by atoms with van der Waals surface area (Å²) < 4.78 is 0. The molecule has 112 valence electrons. The molecule has 0 radical (unpaired) electrons. The Balaban J connectivity index is 1.49. The van der Waals surface area contributed by atoms with Gasteiger partial charge in [0.1, 0.15) is 5.69 Å². The molecule has 1 aromatic rings. The van der Waals surface area contributed by atoms with Gasteiger partial charge in [-0.05, 0) is 38.2 Å². The van der Waals surface area contributed by atoms with E-state index in [1.165, 1.54) is 12.8 Å². The van der Waals surface area contributed by atoms with Crippen LogP contribution >= 0.6 is 0 Å². The molecule has 1 saturated carbocycles. The first-order chi connectivity index (χ1) is 10.2. The number of carbonyl (C=O) groups is 2. The van der Waals surface area contributed by atoms with Crippen LogP contribution in [0.2, 0.25) is 0 Å². The third-order valence-corrected chi connectivity index (χ3v) is 5.07. The van der Waals surface area contributed by atoms with Crippen molar-refractivity contribution in [2.24, 2.45) is 5.41 Å². The van der Waals surface area contributed by atoms with Gasteiger partial charge in [-0.2, -0.15) is 5.10 Å². The smallest absolute Gasteiger partial charge is 0.274 e. The van der Waals surface area contributed by atoms with Crippen LogP contribution in [0.1, 0.15) is 54.2 Å². The fourth-order valence-corrected chi connectivity index (χ4v) is 3.58. The van der Waals surface area contributed by atoms with Gasteiger partial charge < -0.3 is 10.2 Å². The average molecular weight is 288 g/mol. The van der Waals surface area contributed by atoms with Crippen molar-refractivity contribution in [3.05, 3.63) is 17.5 Å². The summed E-state index contributed by atoms with van der Waals surface area (Å²) in [5, 5.41) is 10.1. The number of rotatable bonds is 2. The number of aromatic amines is 1. The highest BCUT2D eigenvalue weighted by Gasteiger charge is 2.47. The van der Waals surface area contributed by atoms with Crippen molar-refractivity contribution in [3.8, 4) is 0 Å². The molecule has 2 amide bonds. The Labute approximate surface area is 123 Å². The lowest BCUT2D eigenvalue weighted by Gasteiger charge is -2.31. The second-order valence-corrected chi connectivity index (χ2v) is 6.60. The molecule has 2 aliphatic heterocycles. The van der Waals surface area contributed by atoms with Crippen LogP contribution in [0.5, 0.6) is 0 Å². The monoisotopic (exact) mass is 288 g/mol. The van der Waals surface area contributed by atoms with Crippen LogP contribution < -0.4 is 5.32 Å². The van der Waals surface area contributed by atoms with E-state index in [0.29, 0.717) is 24.7 Å². The number of nitrogens with zero attached hydrogens (tertiary/aromatic N) is 2. The number of hydrogen-bond donors (Lipinski definition) is 2. The van der Waals surface area contributed by atoms with Gasteiger partial charge in [0, 0.05) is 31.2 Å². The molecule has 1 unspecified atom stereocenters. The molecule has 1 aliphatic carbocycles. The molecule has 4 rings (SSSR count). The van der Waals surface area contributed by atoms with Crippen molar-refractivity contribution in [1.29, 1.82) is 0 Å². The Bertz CT molecular complexity index is 592. The number of hydrogen-bond acceptors (Lipinski definition) is 3. The lowest BCUT2D eigenvalue weighted by atomic mass is 9.79. The molecule has 1 atom stereocenters. The van der Waals surface area contributed by atoms with Gasteiger partial charge in [0.15, 0.2) is 0 Å². The van der Waals surface area contributed by atoms with Crippen molar-refractivity contribution in [3.63, 3.8) is 0 Å². The summed E-state index contributed by atoms with van der Waals surface area (Å²) in [6.45, 7) is 1.94. The molecule has 1 aromatic heterocycles. The first-order valence-electron chi connectivity index (χ1n) is 7.81. The molecule has 3 fully saturated rings. The van der Waals surface area contributed by atoms with Crippen molar-refractivity contribution in [2.75, 3.05) is 19.6 Å². The van der Waals surface area contributed by atoms with E-state index >= 15 is 0 Å². The van der Waals surface area contributed by atoms with Gasteiger partial charge in [0.2, 0.25) is 5.91 Å². The normalized spacial score (nSPS) is 29.0. The maximum Gasteiger partial charge on any atom is 0.274 e. The Morgan fingerprint density at radius 1 is 1.38 bits per heavy atom. The van der Waals surface area contributed by atoms with Crippen LogP contribution in [0, 0.1) is 5.41 Å². The molecule has 0 aromatic carbocycles. The summed E-state index contributed by atoms with van der Waals surface area (Å²) in [6.07, 6.45) is 5.02. The number of nitrogens with one attached hydrogen (secondary N) is 2. The van der Waals surface area contributed by atoms with Crippen LogP contribution in [0.15, 0.2) is 6.07 Å². The van der Waals surface area contributed by atoms with Gasteiger partial charge in [-0.15, -0.1) is 0 Å². The highest BCUT2D eigenvalue weighted by molar-refractivity contribution is 5.94. The maximum absolute atomic E-state index is 12.5. The van der Waals surface area contributed by atoms with E-state index in [1.54, 1.807) is 4.90 Å². The van der Waals surface area contributed by atoms with E-state index in [4.69, 9.17) is 0 Å². The number of likely N-dealkylation sites (tertiary alicyclic amines) is 1. The van der Waals surface area contributed by atoms with Crippen molar-refractivity contribution in [2.45, 2.75) is 38.0 Å².